The maximum Gasteiger partial charge on any atom is 0.209 e. The van der Waals surface area contributed by atoms with Crippen LogP contribution in [0.2, 0.25) is 0 Å². The number of carbonyl (C=O) groups excluding carboxylic acids is 1. The van der Waals surface area contributed by atoms with Crippen molar-refractivity contribution in [2.24, 2.45) is 5.92 Å². The fourth-order valence-electron chi connectivity index (χ4n) is 5.97. The molecule has 3 aromatic heterocycles. The van der Waals surface area contributed by atoms with E-state index in [1.807, 2.05) is 38.1 Å². The normalized spacial score (nSPS) is 14.9. The van der Waals surface area contributed by atoms with Crippen LogP contribution in [-0.4, -0.2) is 40.2 Å². The summed E-state index contributed by atoms with van der Waals surface area (Å²) in [5, 5.41) is 6.56. The predicted octanol–water partition coefficient (Wildman–Crippen LogP) is 5.98. The van der Waals surface area contributed by atoms with Crippen LogP contribution in [0.3, 0.4) is 0 Å². The standard InChI is InChI=1S/C34H34FN5O3S/c1-22-18-32(40(38-22)29-8-6-25-11-17-37-23(2)30(25)21-29)33(41)20-26-19-28(7-9-31(26)35)34(39-44(3,42)43,14-10-24-4-5-24)27-12-15-36-16-13-27/h6-9,11-13,15-19,21,24,39H,4-5,10,14,20H2,1-3H3. The van der Waals surface area contributed by atoms with Crippen LogP contribution >= 0.6 is 0 Å². The van der Waals surface area contributed by atoms with E-state index in [-0.39, 0.29) is 17.8 Å². The number of aryl methyl sites for hydroxylation is 2. The number of nitrogens with zero attached hydrogens (tertiary/aromatic N) is 4. The Labute approximate surface area is 256 Å². The van der Waals surface area contributed by atoms with Crippen LogP contribution in [0.4, 0.5) is 4.39 Å². The van der Waals surface area contributed by atoms with E-state index in [4.69, 9.17) is 0 Å². The maximum absolute atomic E-state index is 15.4. The Morgan fingerprint density at radius 3 is 2.50 bits per heavy atom. The molecule has 0 amide bonds. The number of sulfonamides is 1. The lowest BCUT2D eigenvalue weighted by molar-refractivity contribution is 0.0984. The maximum atomic E-state index is 15.4. The van der Waals surface area contributed by atoms with Gasteiger partial charge in [0, 0.05) is 36.1 Å². The molecule has 0 aliphatic heterocycles. The summed E-state index contributed by atoms with van der Waals surface area (Å²) in [6.07, 6.45) is 9.39. The average molecular weight is 612 g/mol. The minimum absolute atomic E-state index is 0.177. The molecule has 6 rings (SSSR count). The molecule has 10 heteroatoms. The largest absolute Gasteiger partial charge is 0.292 e. The third-order valence-corrected chi connectivity index (χ3v) is 9.08. The number of ketones is 1. The monoisotopic (exact) mass is 611 g/mol. The molecule has 3 heterocycles. The second-order valence-electron chi connectivity index (χ2n) is 11.8. The van der Waals surface area contributed by atoms with E-state index < -0.39 is 21.4 Å². The van der Waals surface area contributed by atoms with Crippen molar-refractivity contribution in [2.75, 3.05) is 6.26 Å². The first-order valence-electron chi connectivity index (χ1n) is 14.7. The SMILES string of the molecule is Cc1cc(C(=O)Cc2cc(C(CCC3CC3)(NS(C)(=O)=O)c3ccncc3)ccc2F)n(-c2ccc3ccnc(C)c3c2)n1. The molecular weight excluding hydrogens is 577 g/mol. The fourth-order valence-corrected chi connectivity index (χ4v) is 6.94. The van der Waals surface area contributed by atoms with Gasteiger partial charge in [-0.3, -0.25) is 14.8 Å². The van der Waals surface area contributed by atoms with Gasteiger partial charge in [0.2, 0.25) is 10.0 Å². The summed E-state index contributed by atoms with van der Waals surface area (Å²) >= 11 is 0. The number of benzene rings is 2. The highest BCUT2D eigenvalue weighted by molar-refractivity contribution is 7.88. The lowest BCUT2D eigenvalue weighted by Crippen LogP contribution is -2.46. The van der Waals surface area contributed by atoms with Crippen molar-refractivity contribution in [1.29, 1.82) is 0 Å². The number of rotatable bonds is 11. The molecule has 1 N–H and O–H groups in total. The predicted molar refractivity (Wildman–Crippen MR) is 168 cm³/mol. The topological polar surface area (TPSA) is 107 Å². The van der Waals surface area contributed by atoms with E-state index in [1.54, 1.807) is 53.6 Å². The molecule has 8 nitrogen and oxygen atoms in total. The zero-order chi connectivity index (χ0) is 31.1. The van der Waals surface area contributed by atoms with Crippen molar-refractivity contribution in [2.45, 2.75) is 51.5 Å². The number of halogens is 1. The quantitative estimate of drug-likeness (QED) is 0.184. The zero-order valence-corrected chi connectivity index (χ0v) is 25.7. The van der Waals surface area contributed by atoms with Gasteiger partial charge in [-0.1, -0.05) is 31.0 Å². The van der Waals surface area contributed by atoms with Gasteiger partial charge in [-0.2, -0.15) is 5.10 Å². The summed E-state index contributed by atoms with van der Waals surface area (Å²) in [7, 11) is -3.69. The molecule has 226 valence electrons. The summed E-state index contributed by atoms with van der Waals surface area (Å²) < 4.78 is 45.4. The van der Waals surface area contributed by atoms with Crippen molar-refractivity contribution in [3.05, 3.63) is 119 Å². The van der Waals surface area contributed by atoms with Gasteiger partial charge in [-0.25, -0.2) is 22.2 Å². The molecule has 1 atom stereocenters. The van der Waals surface area contributed by atoms with E-state index >= 15 is 4.39 Å². The average Bonchev–Trinajstić information content (AvgIpc) is 3.75. The van der Waals surface area contributed by atoms with Crippen LogP contribution in [0.25, 0.3) is 16.5 Å². The van der Waals surface area contributed by atoms with Crippen LogP contribution < -0.4 is 4.72 Å². The molecule has 0 radical (unpaired) electrons. The molecule has 1 aliphatic carbocycles. The molecule has 1 aliphatic rings. The molecule has 2 aromatic carbocycles. The first kappa shape index (κ1) is 29.8. The van der Waals surface area contributed by atoms with Gasteiger partial charge in [0.1, 0.15) is 11.5 Å². The number of hydrogen-bond acceptors (Lipinski definition) is 6. The summed E-state index contributed by atoms with van der Waals surface area (Å²) in [4.78, 5) is 22.3. The van der Waals surface area contributed by atoms with Gasteiger partial charge >= 0.3 is 0 Å². The second kappa shape index (κ2) is 11.7. The highest BCUT2D eigenvalue weighted by Gasteiger charge is 2.39. The van der Waals surface area contributed by atoms with Crippen LogP contribution in [-0.2, 0) is 22.0 Å². The summed E-state index contributed by atoms with van der Waals surface area (Å²) in [6, 6.07) is 17.5. The molecule has 1 saturated carbocycles. The molecule has 0 saturated heterocycles. The number of carbonyl (C=O) groups is 1. The van der Waals surface area contributed by atoms with Crippen molar-refractivity contribution in [1.82, 2.24) is 24.5 Å². The Morgan fingerprint density at radius 2 is 1.77 bits per heavy atom. The van der Waals surface area contributed by atoms with E-state index in [1.165, 1.54) is 6.07 Å². The van der Waals surface area contributed by atoms with Crippen molar-refractivity contribution in [3.63, 3.8) is 0 Å². The first-order valence-corrected chi connectivity index (χ1v) is 16.6. The molecular formula is C34H34FN5O3S. The van der Waals surface area contributed by atoms with Crippen molar-refractivity contribution < 1.29 is 17.6 Å². The summed E-state index contributed by atoms with van der Waals surface area (Å²) in [6.45, 7) is 3.74. The van der Waals surface area contributed by atoms with Crippen LogP contribution in [0.15, 0.2) is 79.3 Å². The molecule has 1 fully saturated rings. The Balaban J connectivity index is 1.39. The minimum Gasteiger partial charge on any atom is -0.292 e. The smallest absolute Gasteiger partial charge is 0.209 e. The Kier molecular flexibility index (Phi) is 7.89. The van der Waals surface area contributed by atoms with Gasteiger partial charge in [0.15, 0.2) is 5.78 Å². The van der Waals surface area contributed by atoms with Crippen LogP contribution in [0.5, 0.6) is 0 Å². The van der Waals surface area contributed by atoms with Crippen LogP contribution in [0.1, 0.15) is 64.2 Å². The van der Waals surface area contributed by atoms with Gasteiger partial charge in [0.25, 0.3) is 0 Å². The number of pyridine rings is 2. The zero-order valence-electron chi connectivity index (χ0n) is 24.9. The molecule has 44 heavy (non-hydrogen) atoms. The molecule has 0 bridgehead atoms. The highest BCUT2D eigenvalue weighted by atomic mass is 32.2. The highest BCUT2D eigenvalue weighted by Crippen LogP contribution is 2.42. The fraction of sp³-hybridized carbons (Fsp3) is 0.294. The van der Waals surface area contributed by atoms with E-state index in [2.05, 4.69) is 19.8 Å². The van der Waals surface area contributed by atoms with Gasteiger partial charge in [-0.05, 0) is 97.1 Å². The third kappa shape index (κ3) is 6.18. The Morgan fingerprint density at radius 1 is 1.00 bits per heavy atom. The number of aromatic nitrogens is 4. The number of nitrogens with one attached hydrogen (secondary N) is 1. The number of Topliss-reactive ketones (excluding diaryl/α,β-unsaturated/α-hetero) is 1. The van der Waals surface area contributed by atoms with Gasteiger partial charge in [0.05, 0.1) is 23.2 Å². The van der Waals surface area contributed by atoms with Gasteiger partial charge in [-0.15, -0.1) is 0 Å². The lowest BCUT2D eigenvalue weighted by atomic mass is 9.79. The summed E-state index contributed by atoms with van der Waals surface area (Å²) in [5.74, 6) is -0.326. The lowest BCUT2D eigenvalue weighted by Gasteiger charge is -2.36. The Bertz CT molecular complexity index is 1970. The number of fused-ring (bicyclic) bond motifs is 1. The van der Waals surface area contributed by atoms with Crippen molar-refractivity contribution in [3.8, 4) is 5.69 Å². The first-order chi connectivity index (χ1) is 21.0. The van der Waals surface area contributed by atoms with E-state index in [9.17, 15) is 13.2 Å². The van der Waals surface area contributed by atoms with Crippen molar-refractivity contribution >= 4 is 26.6 Å². The number of hydrogen-bond donors (Lipinski definition) is 1. The second-order valence-corrected chi connectivity index (χ2v) is 13.5. The molecule has 1 unspecified atom stereocenters. The van der Waals surface area contributed by atoms with E-state index in [0.717, 1.165) is 42.0 Å². The third-order valence-electron chi connectivity index (χ3n) is 8.36. The molecule has 5 aromatic rings. The van der Waals surface area contributed by atoms with E-state index in [0.29, 0.717) is 40.5 Å². The minimum atomic E-state index is -3.69. The van der Waals surface area contributed by atoms with Crippen LogP contribution in [0, 0.1) is 25.6 Å². The Hall–Kier alpha value is -4.28. The molecule has 0 spiro atoms. The summed E-state index contributed by atoms with van der Waals surface area (Å²) in [5.41, 5.74) is 2.85. The van der Waals surface area contributed by atoms with Gasteiger partial charge < -0.3 is 0 Å².